The fourth-order valence-electron chi connectivity index (χ4n) is 1.01. The van der Waals surface area contributed by atoms with Gasteiger partial charge in [-0.1, -0.05) is 0 Å². The highest BCUT2D eigenvalue weighted by molar-refractivity contribution is 5.92. The topological polar surface area (TPSA) is 78.1 Å². The van der Waals surface area contributed by atoms with Gasteiger partial charge < -0.3 is 10.5 Å². The third-order valence-corrected chi connectivity index (χ3v) is 1.68. The SMILES string of the molecule is CC(C)(C)OC(=O)c1nc(C(F)(F)F)cnc1N. The third kappa shape index (κ3) is 3.57. The summed E-state index contributed by atoms with van der Waals surface area (Å²) in [6.07, 6.45) is -4.24. The molecule has 1 rings (SSSR count). The zero-order chi connectivity index (χ0) is 14.1. The van der Waals surface area contributed by atoms with Crippen LogP contribution in [0.15, 0.2) is 6.20 Å². The average molecular weight is 263 g/mol. The Balaban J connectivity index is 3.13. The largest absolute Gasteiger partial charge is 0.455 e. The van der Waals surface area contributed by atoms with Crippen molar-refractivity contribution >= 4 is 11.8 Å². The highest BCUT2D eigenvalue weighted by Crippen LogP contribution is 2.28. The highest BCUT2D eigenvalue weighted by atomic mass is 19.4. The van der Waals surface area contributed by atoms with E-state index in [1.807, 2.05) is 0 Å². The molecule has 18 heavy (non-hydrogen) atoms. The van der Waals surface area contributed by atoms with Crippen LogP contribution in [-0.4, -0.2) is 21.5 Å². The van der Waals surface area contributed by atoms with Gasteiger partial charge >= 0.3 is 12.1 Å². The maximum atomic E-state index is 12.4. The van der Waals surface area contributed by atoms with Gasteiger partial charge in [0.05, 0.1) is 6.20 Å². The Bertz CT molecular complexity index is 466. The van der Waals surface area contributed by atoms with E-state index in [0.29, 0.717) is 6.20 Å². The summed E-state index contributed by atoms with van der Waals surface area (Å²) in [7, 11) is 0. The van der Waals surface area contributed by atoms with Crippen LogP contribution in [0, 0.1) is 0 Å². The van der Waals surface area contributed by atoms with E-state index < -0.39 is 35.0 Å². The summed E-state index contributed by atoms with van der Waals surface area (Å²) >= 11 is 0. The van der Waals surface area contributed by atoms with Gasteiger partial charge in [0.2, 0.25) is 0 Å². The van der Waals surface area contributed by atoms with Crippen LogP contribution in [0.3, 0.4) is 0 Å². The van der Waals surface area contributed by atoms with E-state index in [-0.39, 0.29) is 0 Å². The van der Waals surface area contributed by atoms with Gasteiger partial charge in [-0.3, -0.25) is 0 Å². The van der Waals surface area contributed by atoms with E-state index in [1.165, 1.54) is 0 Å². The molecule has 0 aromatic carbocycles. The van der Waals surface area contributed by atoms with Crippen molar-refractivity contribution in [2.45, 2.75) is 32.5 Å². The molecule has 0 aliphatic carbocycles. The molecular weight excluding hydrogens is 251 g/mol. The number of nitrogens with two attached hydrogens (primary N) is 1. The first-order valence-electron chi connectivity index (χ1n) is 4.94. The quantitative estimate of drug-likeness (QED) is 0.784. The lowest BCUT2D eigenvalue weighted by atomic mass is 10.2. The van der Waals surface area contributed by atoms with Crippen molar-refractivity contribution in [1.82, 2.24) is 9.97 Å². The summed E-state index contributed by atoms with van der Waals surface area (Å²) in [6, 6.07) is 0. The molecule has 5 nitrogen and oxygen atoms in total. The molecule has 2 N–H and O–H groups in total. The van der Waals surface area contributed by atoms with E-state index in [2.05, 4.69) is 9.97 Å². The van der Waals surface area contributed by atoms with E-state index >= 15 is 0 Å². The first-order valence-corrected chi connectivity index (χ1v) is 4.94. The Kier molecular flexibility index (Phi) is 3.50. The normalized spacial score (nSPS) is 12.3. The van der Waals surface area contributed by atoms with Crippen LogP contribution in [0.5, 0.6) is 0 Å². The van der Waals surface area contributed by atoms with Gasteiger partial charge in [0.15, 0.2) is 17.2 Å². The van der Waals surface area contributed by atoms with Crippen LogP contribution in [0.25, 0.3) is 0 Å². The number of rotatable bonds is 1. The molecule has 1 aromatic heterocycles. The van der Waals surface area contributed by atoms with Crippen molar-refractivity contribution in [3.05, 3.63) is 17.6 Å². The molecule has 0 aliphatic rings. The second-order valence-corrected chi connectivity index (χ2v) is 4.49. The Morgan fingerprint density at radius 3 is 2.33 bits per heavy atom. The third-order valence-electron chi connectivity index (χ3n) is 1.68. The van der Waals surface area contributed by atoms with Crippen molar-refractivity contribution in [2.24, 2.45) is 0 Å². The smallest absolute Gasteiger partial charge is 0.434 e. The highest BCUT2D eigenvalue weighted by Gasteiger charge is 2.35. The molecule has 0 atom stereocenters. The summed E-state index contributed by atoms with van der Waals surface area (Å²) < 4.78 is 42.1. The number of halogens is 3. The van der Waals surface area contributed by atoms with Gasteiger partial charge in [-0.25, -0.2) is 14.8 Å². The summed E-state index contributed by atoms with van der Waals surface area (Å²) in [6.45, 7) is 4.71. The number of alkyl halides is 3. The van der Waals surface area contributed by atoms with Gasteiger partial charge in [-0.05, 0) is 20.8 Å². The van der Waals surface area contributed by atoms with Crippen LogP contribution in [0.4, 0.5) is 19.0 Å². The van der Waals surface area contributed by atoms with Crippen molar-refractivity contribution in [2.75, 3.05) is 5.73 Å². The summed E-state index contributed by atoms with van der Waals surface area (Å²) in [5, 5.41) is 0. The number of nitrogen functional groups attached to an aromatic ring is 1. The lowest BCUT2D eigenvalue weighted by molar-refractivity contribution is -0.141. The molecule has 0 saturated carbocycles. The summed E-state index contributed by atoms with van der Waals surface area (Å²) in [5.41, 5.74) is 2.52. The van der Waals surface area contributed by atoms with Crippen LogP contribution in [0.1, 0.15) is 37.0 Å². The van der Waals surface area contributed by atoms with Crippen molar-refractivity contribution in [3.63, 3.8) is 0 Å². The molecule has 0 fully saturated rings. The minimum atomic E-state index is -4.70. The number of carbonyl (C=O) groups excluding carboxylic acids is 1. The van der Waals surface area contributed by atoms with Crippen LogP contribution in [-0.2, 0) is 10.9 Å². The first kappa shape index (κ1) is 14.2. The number of anilines is 1. The number of hydrogen-bond acceptors (Lipinski definition) is 5. The lowest BCUT2D eigenvalue weighted by Crippen LogP contribution is -2.26. The Morgan fingerprint density at radius 2 is 1.89 bits per heavy atom. The molecule has 1 aromatic rings. The minimum absolute atomic E-state index is 0.405. The zero-order valence-corrected chi connectivity index (χ0v) is 10.00. The van der Waals surface area contributed by atoms with Crippen LogP contribution < -0.4 is 5.73 Å². The molecule has 8 heteroatoms. The van der Waals surface area contributed by atoms with Crippen LogP contribution >= 0.6 is 0 Å². The predicted molar refractivity (Wildman–Crippen MR) is 56.6 cm³/mol. The number of nitrogens with zero attached hydrogens (tertiary/aromatic N) is 2. The number of ether oxygens (including phenoxy) is 1. The fraction of sp³-hybridized carbons (Fsp3) is 0.500. The molecular formula is C10H12F3N3O2. The second kappa shape index (κ2) is 4.43. The molecule has 100 valence electrons. The van der Waals surface area contributed by atoms with E-state index in [1.54, 1.807) is 20.8 Å². The molecule has 0 aliphatic heterocycles. The van der Waals surface area contributed by atoms with Gasteiger partial charge in [0, 0.05) is 0 Å². The Labute approximate surface area is 101 Å². The summed E-state index contributed by atoms with van der Waals surface area (Å²) in [5.74, 6) is -1.45. The van der Waals surface area contributed by atoms with Crippen LogP contribution in [0.2, 0.25) is 0 Å². The molecule has 0 spiro atoms. The number of hydrogen-bond donors (Lipinski definition) is 1. The second-order valence-electron chi connectivity index (χ2n) is 4.49. The average Bonchev–Trinajstić information content (AvgIpc) is 2.13. The van der Waals surface area contributed by atoms with E-state index in [0.717, 1.165) is 0 Å². The van der Waals surface area contributed by atoms with E-state index in [9.17, 15) is 18.0 Å². The fourth-order valence-corrected chi connectivity index (χ4v) is 1.01. The minimum Gasteiger partial charge on any atom is -0.455 e. The number of carbonyl (C=O) groups is 1. The van der Waals surface area contributed by atoms with Gasteiger partial charge in [0.25, 0.3) is 0 Å². The maximum Gasteiger partial charge on any atom is 0.434 e. The lowest BCUT2D eigenvalue weighted by Gasteiger charge is -2.19. The standard InChI is InChI=1S/C10H12F3N3O2/c1-9(2,3)18-8(17)6-7(14)15-4-5(16-6)10(11,12)13/h4H,1-3H3,(H2,14,15). The molecule has 0 unspecified atom stereocenters. The number of esters is 1. The number of aromatic nitrogens is 2. The Hall–Kier alpha value is -1.86. The van der Waals surface area contributed by atoms with E-state index in [4.69, 9.17) is 10.5 Å². The van der Waals surface area contributed by atoms with Gasteiger partial charge in [0.1, 0.15) is 5.60 Å². The van der Waals surface area contributed by atoms with Crippen molar-refractivity contribution in [3.8, 4) is 0 Å². The molecule has 0 radical (unpaired) electrons. The van der Waals surface area contributed by atoms with Crippen molar-refractivity contribution < 1.29 is 22.7 Å². The summed E-state index contributed by atoms with van der Waals surface area (Å²) in [4.78, 5) is 18.0. The molecule has 0 saturated heterocycles. The first-order chi connectivity index (χ1) is 8.00. The molecule has 0 bridgehead atoms. The maximum absolute atomic E-state index is 12.4. The Morgan fingerprint density at radius 1 is 1.33 bits per heavy atom. The van der Waals surface area contributed by atoms with Crippen molar-refractivity contribution in [1.29, 1.82) is 0 Å². The molecule has 0 amide bonds. The predicted octanol–water partition coefficient (Wildman–Crippen LogP) is 2.03. The molecule has 1 heterocycles. The van der Waals surface area contributed by atoms with Gasteiger partial charge in [-0.2, -0.15) is 13.2 Å². The van der Waals surface area contributed by atoms with Gasteiger partial charge in [-0.15, -0.1) is 0 Å². The monoisotopic (exact) mass is 263 g/mol. The zero-order valence-electron chi connectivity index (χ0n) is 10.00.